The minimum atomic E-state index is 0.260. The molecule has 1 aliphatic rings. The van der Waals surface area contributed by atoms with Crippen LogP contribution in [-0.2, 0) is 12.8 Å². The summed E-state index contributed by atoms with van der Waals surface area (Å²) in [6.45, 7) is 6.41. The quantitative estimate of drug-likeness (QED) is 0.864. The zero-order chi connectivity index (χ0) is 12.5. The van der Waals surface area contributed by atoms with Gasteiger partial charge in [-0.3, -0.25) is 0 Å². The molecule has 0 saturated carbocycles. The first-order chi connectivity index (χ1) is 8.02. The molecular weight excluding hydrogens is 208 g/mol. The minimum Gasteiger partial charge on any atom is -0.374 e. The van der Waals surface area contributed by atoms with Crippen LogP contribution >= 0.6 is 0 Å². The van der Waals surface area contributed by atoms with E-state index in [1.807, 2.05) is 0 Å². The van der Waals surface area contributed by atoms with Crippen molar-refractivity contribution in [3.05, 3.63) is 29.3 Å². The molecule has 94 valence electrons. The number of benzene rings is 1. The molecule has 0 amide bonds. The third-order valence-corrected chi connectivity index (χ3v) is 3.91. The molecule has 1 aromatic carbocycles. The van der Waals surface area contributed by atoms with Gasteiger partial charge in [-0.05, 0) is 48.4 Å². The van der Waals surface area contributed by atoms with Crippen molar-refractivity contribution in [1.29, 1.82) is 0 Å². The second kappa shape index (κ2) is 4.69. The van der Waals surface area contributed by atoms with E-state index in [1.54, 1.807) is 0 Å². The normalized spacial score (nSPS) is 15.2. The van der Waals surface area contributed by atoms with Crippen molar-refractivity contribution in [3.63, 3.8) is 0 Å². The Kier molecular flexibility index (Phi) is 3.43. The van der Waals surface area contributed by atoms with Gasteiger partial charge in [0.1, 0.15) is 0 Å². The maximum absolute atomic E-state index is 5.77. The van der Waals surface area contributed by atoms with Gasteiger partial charge in [-0.15, -0.1) is 0 Å². The van der Waals surface area contributed by atoms with Crippen LogP contribution in [0.15, 0.2) is 18.2 Å². The van der Waals surface area contributed by atoms with Gasteiger partial charge in [-0.25, -0.2) is 0 Å². The van der Waals surface area contributed by atoms with E-state index in [-0.39, 0.29) is 5.41 Å². The molecule has 2 nitrogen and oxygen atoms in total. The molecule has 2 rings (SSSR count). The highest BCUT2D eigenvalue weighted by atomic mass is 15.1. The van der Waals surface area contributed by atoms with E-state index in [1.165, 1.54) is 23.2 Å². The highest BCUT2D eigenvalue weighted by Gasteiger charge is 2.18. The van der Waals surface area contributed by atoms with Gasteiger partial charge in [0.05, 0.1) is 0 Å². The summed E-state index contributed by atoms with van der Waals surface area (Å²) in [6, 6.07) is 6.92. The molecule has 1 aliphatic heterocycles. The first-order valence-corrected chi connectivity index (χ1v) is 6.55. The molecule has 2 N–H and O–H groups in total. The minimum absolute atomic E-state index is 0.260. The molecule has 17 heavy (non-hydrogen) atoms. The standard InChI is InChI=1S/C15H24N2/c1-15(2,11-16)8-6-12-4-5-14-13(10-12)7-9-17(14)3/h4-5,10H,6-9,11,16H2,1-3H3. The lowest BCUT2D eigenvalue weighted by Gasteiger charge is -2.22. The van der Waals surface area contributed by atoms with E-state index in [9.17, 15) is 0 Å². The molecule has 2 heteroatoms. The van der Waals surface area contributed by atoms with Gasteiger partial charge >= 0.3 is 0 Å². The topological polar surface area (TPSA) is 29.3 Å². The summed E-state index contributed by atoms with van der Waals surface area (Å²) < 4.78 is 0. The first kappa shape index (κ1) is 12.4. The van der Waals surface area contributed by atoms with Gasteiger partial charge in [0.25, 0.3) is 0 Å². The highest BCUT2D eigenvalue weighted by molar-refractivity contribution is 5.58. The molecule has 1 aromatic rings. The molecule has 0 unspecified atom stereocenters. The van der Waals surface area contributed by atoms with Crippen LogP contribution in [0.25, 0.3) is 0 Å². The Morgan fingerprint density at radius 1 is 1.35 bits per heavy atom. The Hall–Kier alpha value is -1.02. The van der Waals surface area contributed by atoms with Crippen molar-refractivity contribution in [3.8, 4) is 0 Å². The largest absolute Gasteiger partial charge is 0.374 e. The number of nitrogens with zero attached hydrogens (tertiary/aromatic N) is 1. The lowest BCUT2D eigenvalue weighted by molar-refractivity contribution is 0.348. The van der Waals surface area contributed by atoms with Crippen molar-refractivity contribution in [2.24, 2.45) is 11.1 Å². The van der Waals surface area contributed by atoms with Crippen molar-refractivity contribution < 1.29 is 0 Å². The van der Waals surface area contributed by atoms with Gasteiger partial charge in [0.15, 0.2) is 0 Å². The lowest BCUT2D eigenvalue weighted by atomic mass is 9.86. The molecule has 0 fully saturated rings. The second-order valence-corrected chi connectivity index (χ2v) is 6.00. The third-order valence-electron chi connectivity index (χ3n) is 3.91. The summed E-state index contributed by atoms with van der Waals surface area (Å²) in [4.78, 5) is 2.34. The van der Waals surface area contributed by atoms with Crippen molar-refractivity contribution in [1.82, 2.24) is 0 Å². The van der Waals surface area contributed by atoms with Crippen molar-refractivity contribution in [2.45, 2.75) is 33.1 Å². The Balaban J connectivity index is 2.04. The van der Waals surface area contributed by atoms with Crippen LogP contribution < -0.4 is 10.6 Å². The van der Waals surface area contributed by atoms with E-state index < -0.39 is 0 Å². The fraction of sp³-hybridized carbons (Fsp3) is 0.600. The van der Waals surface area contributed by atoms with Crippen molar-refractivity contribution in [2.75, 3.05) is 25.0 Å². The number of likely N-dealkylation sites (N-methyl/N-ethyl adjacent to an activating group) is 1. The third kappa shape index (κ3) is 2.81. The van der Waals surface area contributed by atoms with E-state index >= 15 is 0 Å². The van der Waals surface area contributed by atoms with E-state index in [0.717, 1.165) is 25.9 Å². The van der Waals surface area contributed by atoms with E-state index in [0.29, 0.717) is 0 Å². The summed E-state index contributed by atoms with van der Waals surface area (Å²) in [7, 11) is 2.17. The van der Waals surface area contributed by atoms with Crippen LogP contribution in [0.1, 0.15) is 31.4 Å². The maximum atomic E-state index is 5.77. The van der Waals surface area contributed by atoms with Crippen LogP contribution in [0.5, 0.6) is 0 Å². The first-order valence-electron chi connectivity index (χ1n) is 6.55. The number of hydrogen-bond donors (Lipinski definition) is 1. The SMILES string of the molecule is CN1CCc2cc(CCC(C)(C)CN)ccc21. The molecule has 0 spiro atoms. The fourth-order valence-corrected chi connectivity index (χ4v) is 2.36. The molecule has 0 aromatic heterocycles. The molecule has 0 bridgehead atoms. The Morgan fingerprint density at radius 2 is 2.12 bits per heavy atom. The molecule has 0 aliphatic carbocycles. The zero-order valence-electron chi connectivity index (χ0n) is 11.3. The van der Waals surface area contributed by atoms with E-state index in [4.69, 9.17) is 5.73 Å². The number of nitrogens with two attached hydrogens (primary N) is 1. The predicted molar refractivity (Wildman–Crippen MR) is 74.6 cm³/mol. The van der Waals surface area contributed by atoms with Crippen LogP contribution in [0.4, 0.5) is 5.69 Å². The average Bonchev–Trinajstić information content (AvgIpc) is 2.68. The number of fused-ring (bicyclic) bond motifs is 1. The van der Waals surface area contributed by atoms with Crippen LogP contribution in [0, 0.1) is 5.41 Å². The summed E-state index contributed by atoms with van der Waals surface area (Å²) >= 11 is 0. The smallest absolute Gasteiger partial charge is 0.0397 e. The molecule has 1 heterocycles. The number of hydrogen-bond acceptors (Lipinski definition) is 2. The number of anilines is 1. The Labute approximate surface area is 105 Å². The van der Waals surface area contributed by atoms with Crippen molar-refractivity contribution >= 4 is 5.69 Å². The van der Waals surface area contributed by atoms with E-state index in [2.05, 4.69) is 44.0 Å². The average molecular weight is 232 g/mol. The second-order valence-electron chi connectivity index (χ2n) is 6.00. The summed E-state index contributed by atoms with van der Waals surface area (Å²) in [5, 5.41) is 0. The van der Waals surface area contributed by atoms with Gasteiger partial charge in [0.2, 0.25) is 0 Å². The fourth-order valence-electron chi connectivity index (χ4n) is 2.36. The molecule has 0 atom stereocenters. The van der Waals surface area contributed by atoms with Crippen LogP contribution in [0.2, 0.25) is 0 Å². The van der Waals surface area contributed by atoms with Gasteiger partial charge in [-0.1, -0.05) is 26.0 Å². The molecular formula is C15H24N2. The van der Waals surface area contributed by atoms with Crippen LogP contribution in [-0.4, -0.2) is 20.1 Å². The Morgan fingerprint density at radius 3 is 2.82 bits per heavy atom. The van der Waals surface area contributed by atoms with Gasteiger partial charge in [-0.2, -0.15) is 0 Å². The van der Waals surface area contributed by atoms with Gasteiger partial charge in [0, 0.05) is 19.3 Å². The molecule has 0 radical (unpaired) electrons. The summed E-state index contributed by atoms with van der Waals surface area (Å²) in [5.74, 6) is 0. The summed E-state index contributed by atoms with van der Waals surface area (Å²) in [5.41, 5.74) is 10.4. The van der Waals surface area contributed by atoms with Crippen LogP contribution in [0.3, 0.4) is 0 Å². The number of aryl methyl sites for hydroxylation is 1. The maximum Gasteiger partial charge on any atom is 0.0397 e. The lowest BCUT2D eigenvalue weighted by Crippen LogP contribution is -2.24. The summed E-state index contributed by atoms with van der Waals surface area (Å²) in [6.07, 6.45) is 3.50. The van der Waals surface area contributed by atoms with Gasteiger partial charge < -0.3 is 10.6 Å². The Bertz CT molecular complexity index is 396. The zero-order valence-corrected chi connectivity index (χ0v) is 11.3. The molecule has 0 saturated heterocycles. The predicted octanol–water partition coefficient (Wildman–Crippen LogP) is 2.60. The number of rotatable bonds is 4. The highest BCUT2D eigenvalue weighted by Crippen LogP contribution is 2.29. The monoisotopic (exact) mass is 232 g/mol.